The average molecular weight is 647 g/mol. The Hall–Kier alpha value is -2.98. The highest BCUT2D eigenvalue weighted by atomic mass is 16.5. The molecule has 1 rings (SSSR count). The molecule has 0 fully saturated rings. The summed E-state index contributed by atoms with van der Waals surface area (Å²) in [4.78, 5) is 52.6. The molecule has 46 heavy (non-hydrogen) atoms. The van der Waals surface area contributed by atoms with Gasteiger partial charge in [-0.1, -0.05) is 102 Å². The predicted molar refractivity (Wildman–Crippen MR) is 183 cm³/mol. The molecule has 4 amide bonds. The Kier molecular flexibility index (Phi) is 22.4. The molecule has 0 heterocycles. The number of amides is 4. The molecular weight excluding hydrogens is 584 g/mol. The number of hydrogen-bond donors (Lipinski definition) is 2. The standard InChI is InChI=1S/C36H62N4O6/c1-7-9-11-13-15-18-29(3)37-33(41)25-45-27-35(43)39(5)23-31-20-17-21-32(22-31)24-40(6)36(44)28-46-26-34(42)38-30(4)19-16-14-12-10-8-2/h17,20-22,29-30H,7-16,18-19,23-28H2,1-6H3,(H,37,41)(H,38,42). The fourth-order valence-electron chi connectivity index (χ4n) is 5.12. The fourth-order valence-corrected chi connectivity index (χ4v) is 5.12. The summed E-state index contributed by atoms with van der Waals surface area (Å²) in [7, 11) is 3.38. The van der Waals surface area contributed by atoms with Crippen LogP contribution >= 0.6 is 0 Å². The average Bonchev–Trinajstić information content (AvgIpc) is 3.00. The van der Waals surface area contributed by atoms with E-state index in [9.17, 15) is 19.2 Å². The van der Waals surface area contributed by atoms with Crippen LogP contribution in [-0.2, 0) is 41.7 Å². The maximum absolute atomic E-state index is 12.6. The summed E-state index contributed by atoms with van der Waals surface area (Å²) in [5.74, 6) is -0.877. The Balaban J connectivity index is 2.33. The number of rotatable bonds is 26. The molecule has 2 atom stereocenters. The maximum Gasteiger partial charge on any atom is 0.248 e. The van der Waals surface area contributed by atoms with Crippen LogP contribution in [0, 0.1) is 0 Å². The molecule has 0 aliphatic carbocycles. The summed E-state index contributed by atoms with van der Waals surface area (Å²) >= 11 is 0. The minimum atomic E-state index is -0.225. The summed E-state index contributed by atoms with van der Waals surface area (Å²) in [5.41, 5.74) is 1.82. The van der Waals surface area contributed by atoms with Crippen molar-refractivity contribution in [1.29, 1.82) is 0 Å². The van der Waals surface area contributed by atoms with E-state index in [0.29, 0.717) is 13.1 Å². The summed E-state index contributed by atoms with van der Waals surface area (Å²) in [6, 6.07) is 7.84. The Morgan fingerprint density at radius 1 is 0.630 bits per heavy atom. The molecule has 2 N–H and O–H groups in total. The van der Waals surface area contributed by atoms with Gasteiger partial charge in [-0.05, 0) is 37.8 Å². The van der Waals surface area contributed by atoms with Gasteiger partial charge in [0.15, 0.2) is 0 Å². The van der Waals surface area contributed by atoms with Crippen molar-refractivity contribution in [2.75, 3.05) is 40.5 Å². The quantitative estimate of drug-likeness (QED) is 0.131. The molecule has 0 saturated carbocycles. The van der Waals surface area contributed by atoms with Gasteiger partial charge in [-0.2, -0.15) is 0 Å². The highest BCUT2D eigenvalue weighted by Gasteiger charge is 2.15. The molecule has 0 radical (unpaired) electrons. The normalized spacial score (nSPS) is 12.3. The number of ether oxygens (including phenoxy) is 2. The second-order valence-electron chi connectivity index (χ2n) is 12.6. The van der Waals surface area contributed by atoms with Gasteiger partial charge in [0.2, 0.25) is 23.6 Å². The molecule has 0 aromatic heterocycles. The number of benzene rings is 1. The van der Waals surface area contributed by atoms with E-state index in [0.717, 1.165) is 36.8 Å². The summed E-state index contributed by atoms with van der Waals surface area (Å²) in [6.45, 7) is 8.44. The zero-order valence-electron chi connectivity index (χ0n) is 29.5. The summed E-state index contributed by atoms with van der Waals surface area (Å²) in [5, 5.41) is 5.87. The fraction of sp³-hybridized carbons (Fsp3) is 0.722. The lowest BCUT2D eigenvalue weighted by Gasteiger charge is -2.20. The van der Waals surface area contributed by atoms with E-state index in [1.165, 1.54) is 51.4 Å². The molecule has 10 heteroatoms. The largest absolute Gasteiger partial charge is 0.362 e. The first-order valence-corrected chi connectivity index (χ1v) is 17.4. The first-order valence-electron chi connectivity index (χ1n) is 17.4. The molecule has 0 aliphatic heterocycles. The number of unbranched alkanes of at least 4 members (excludes halogenated alkanes) is 8. The lowest BCUT2D eigenvalue weighted by molar-refractivity contribution is -0.139. The van der Waals surface area contributed by atoms with Crippen LogP contribution in [0.1, 0.15) is 116 Å². The SMILES string of the molecule is CCCCCCCC(C)NC(=O)COCC(=O)N(C)Cc1cccc(CN(C)C(=O)COCC(=O)NC(C)CCCCCCC)c1. The third kappa shape index (κ3) is 20.2. The third-order valence-corrected chi connectivity index (χ3v) is 7.90. The van der Waals surface area contributed by atoms with E-state index in [2.05, 4.69) is 24.5 Å². The van der Waals surface area contributed by atoms with Crippen molar-refractivity contribution in [3.05, 3.63) is 35.4 Å². The number of hydrogen-bond acceptors (Lipinski definition) is 6. The van der Waals surface area contributed by atoms with Crippen molar-refractivity contribution in [3.63, 3.8) is 0 Å². The lowest BCUT2D eigenvalue weighted by atomic mass is 10.1. The zero-order chi connectivity index (χ0) is 34.2. The Labute approximate surface area is 278 Å². The third-order valence-electron chi connectivity index (χ3n) is 7.90. The first-order chi connectivity index (χ1) is 22.0. The van der Waals surface area contributed by atoms with Crippen LogP contribution in [0.3, 0.4) is 0 Å². The van der Waals surface area contributed by atoms with Gasteiger partial charge in [-0.15, -0.1) is 0 Å². The highest BCUT2D eigenvalue weighted by Crippen LogP contribution is 2.11. The minimum Gasteiger partial charge on any atom is -0.362 e. The number of nitrogens with one attached hydrogen (secondary N) is 2. The summed E-state index contributed by atoms with van der Waals surface area (Å²) in [6.07, 6.45) is 13.8. The van der Waals surface area contributed by atoms with Gasteiger partial charge in [0.25, 0.3) is 0 Å². The van der Waals surface area contributed by atoms with Crippen molar-refractivity contribution in [3.8, 4) is 0 Å². The van der Waals surface area contributed by atoms with E-state index >= 15 is 0 Å². The molecule has 0 saturated heterocycles. The topological polar surface area (TPSA) is 117 Å². The second-order valence-corrected chi connectivity index (χ2v) is 12.6. The van der Waals surface area contributed by atoms with Crippen LogP contribution < -0.4 is 10.6 Å². The van der Waals surface area contributed by atoms with Crippen molar-refractivity contribution < 1.29 is 28.7 Å². The molecule has 2 unspecified atom stereocenters. The van der Waals surface area contributed by atoms with Crippen LogP contribution in [0.4, 0.5) is 0 Å². The number of carbonyl (C=O) groups is 4. The molecule has 10 nitrogen and oxygen atoms in total. The highest BCUT2D eigenvalue weighted by molar-refractivity contribution is 5.80. The van der Waals surface area contributed by atoms with Crippen molar-refractivity contribution in [2.24, 2.45) is 0 Å². The summed E-state index contributed by atoms with van der Waals surface area (Å²) < 4.78 is 10.8. The van der Waals surface area contributed by atoms with Crippen LogP contribution in [0.15, 0.2) is 24.3 Å². The van der Waals surface area contributed by atoms with E-state index in [4.69, 9.17) is 9.47 Å². The zero-order valence-corrected chi connectivity index (χ0v) is 29.5. The Bertz CT molecular complexity index is 945. The number of nitrogens with zero attached hydrogens (tertiary/aromatic N) is 2. The molecular formula is C36H62N4O6. The van der Waals surface area contributed by atoms with E-state index in [1.807, 2.05) is 38.1 Å². The van der Waals surface area contributed by atoms with Gasteiger partial charge in [0.1, 0.15) is 26.4 Å². The van der Waals surface area contributed by atoms with Gasteiger partial charge >= 0.3 is 0 Å². The smallest absolute Gasteiger partial charge is 0.248 e. The molecule has 1 aromatic carbocycles. The molecule has 0 bridgehead atoms. The van der Waals surface area contributed by atoms with Crippen molar-refractivity contribution in [2.45, 2.75) is 130 Å². The van der Waals surface area contributed by atoms with Crippen molar-refractivity contribution >= 4 is 23.6 Å². The van der Waals surface area contributed by atoms with Gasteiger partial charge in [-0.3, -0.25) is 19.2 Å². The van der Waals surface area contributed by atoms with Crippen LogP contribution in [-0.4, -0.2) is 86.0 Å². The number of likely N-dealkylation sites (N-methyl/N-ethyl adjacent to an activating group) is 2. The molecule has 1 aromatic rings. The van der Waals surface area contributed by atoms with Gasteiger partial charge in [-0.25, -0.2) is 0 Å². The first kappa shape index (κ1) is 41.0. The van der Waals surface area contributed by atoms with Crippen molar-refractivity contribution in [1.82, 2.24) is 20.4 Å². The van der Waals surface area contributed by atoms with Crippen LogP contribution in [0.25, 0.3) is 0 Å². The van der Waals surface area contributed by atoms with E-state index < -0.39 is 0 Å². The molecule has 0 aliphatic rings. The Morgan fingerprint density at radius 3 is 1.41 bits per heavy atom. The minimum absolute atomic E-state index is 0.0835. The number of carbonyl (C=O) groups excluding carboxylic acids is 4. The van der Waals surface area contributed by atoms with Gasteiger partial charge < -0.3 is 29.9 Å². The van der Waals surface area contributed by atoms with E-state index in [-0.39, 0.29) is 62.1 Å². The molecule has 262 valence electrons. The Morgan fingerprint density at radius 2 is 1.02 bits per heavy atom. The lowest BCUT2D eigenvalue weighted by Crippen LogP contribution is -2.37. The predicted octanol–water partition coefficient (Wildman–Crippen LogP) is 5.37. The second kappa shape index (κ2) is 25.2. The monoisotopic (exact) mass is 646 g/mol. The van der Waals surface area contributed by atoms with Gasteiger partial charge in [0.05, 0.1) is 0 Å². The van der Waals surface area contributed by atoms with Crippen LogP contribution in [0.5, 0.6) is 0 Å². The van der Waals surface area contributed by atoms with E-state index in [1.54, 1.807) is 23.9 Å². The van der Waals surface area contributed by atoms with Crippen LogP contribution in [0.2, 0.25) is 0 Å². The molecule has 0 spiro atoms. The van der Waals surface area contributed by atoms with Gasteiger partial charge in [0, 0.05) is 39.3 Å². The maximum atomic E-state index is 12.6.